The van der Waals surface area contributed by atoms with Gasteiger partial charge >= 0.3 is 0 Å². The van der Waals surface area contributed by atoms with Gasteiger partial charge in [-0.05, 0) is 37.2 Å². The summed E-state index contributed by atoms with van der Waals surface area (Å²) in [4.78, 5) is 6.48. The molecule has 0 radical (unpaired) electrons. The zero-order valence-electron chi connectivity index (χ0n) is 10.9. The molecule has 2 heterocycles. The fraction of sp³-hybridized carbons (Fsp3) is 0.462. The van der Waals surface area contributed by atoms with E-state index in [1.54, 1.807) is 0 Å². The van der Waals surface area contributed by atoms with Gasteiger partial charge < -0.3 is 4.90 Å². The number of likely N-dealkylation sites (N-methyl/N-ethyl adjacent to an activating group) is 1. The van der Waals surface area contributed by atoms with E-state index in [1.165, 1.54) is 12.8 Å². The SMILES string of the molecule is CN(CCc1ccccn1)c1n[nH]c(=S)n1C1CC1. The molecule has 0 saturated heterocycles. The Morgan fingerprint density at radius 2 is 2.32 bits per heavy atom. The van der Waals surface area contributed by atoms with Crippen LogP contribution in [0.1, 0.15) is 24.6 Å². The lowest BCUT2D eigenvalue weighted by Gasteiger charge is -2.18. The summed E-state index contributed by atoms with van der Waals surface area (Å²) >= 11 is 5.29. The van der Waals surface area contributed by atoms with Crippen LogP contribution >= 0.6 is 12.2 Å². The molecule has 0 aliphatic heterocycles. The van der Waals surface area contributed by atoms with Crippen molar-refractivity contribution in [3.8, 4) is 0 Å². The average molecular weight is 275 g/mol. The number of aromatic nitrogens is 4. The van der Waals surface area contributed by atoms with Crippen LogP contribution in [0, 0.1) is 4.77 Å². The second-order valence-corrected chi connectivity index (χ2v) is 5.31. The summed E-state index contributed by atoms with van der Waals surface area (Å²) in [6.07, 6.45) is 5.14. The summed E-state index contributed by atoms with van der Waals surface area (Å²) in [6.45, 7) is 0.878. The van der Waals surface area contributed by atoms with Crippen molar-refractivity contribution in [2.45, 2.75) is 25.3 Å². The number of nitrogens with zero attached hydrogens (tertiary/aromatic N) is 4. The fourth-order valence-corrected chi connectivity index (χ4v) is 2.43. The van der Waals surface area contributed by atoms with Crippen LogP contribution in [0.15, 0.2) is 24.4 Å². The van der Waals surface area contributed by atoms with Crippen LogP contribution in [0.3, 0.4) is 0 Å². The largest absolute Gasteiger partial charge is 0.344 e. The van der Waals surface area contributed by atoms with Crippen molar-refractivity contribution in [2.24, 2.45) is 0 Å². The van der Waals surface area contributed by atoms with Crippen molar-refractivity contribution in [3.63, 3.8) is 0 Å². The van der Waals surface area contributed by atoms with Gasteiger partial charge in [0.25, 0.3) is 0 Å². The Hall–Kier alpha value is -1.69. The van der Waals surface area contributed by atoms with Crippen LogP contribution in [0.25, 0.3) is 0 Å². The van der Waals surface area contributed by atoms with Crippen LogP contribution in [-0.4, -0.2) is 33.3 Å². The van der Waals surface area contributed by atoms with E-state index in [0.29, 0.717) is 6.04 Å². The van der Waals surface area contributed by atoms with E-state index < -0.39 is 0 Å². The Kier molecular flexibility index (Phi) is 3.33. The molecular weight excluding hydrogens is 258 g/mol. The van der Waals surface area contributed by atoms with Crippen molar-refractivity contribution in [3.05, 3.63) is 34.9 Å². The molecule has 5 nitrogen and oxygen atoms in total. The molecular formula is C13H17N5S. The van der Waals surface area contributed by atoms with Gasteiger partial charge in [0.1, 0.15) is 0 Å². The molecule has 0 bridgehead atoms. The summed E-state index contributed by atoms with van der Waals surface area (Å²) in [6, 6.07) is 6.54. The van der Waals surface area contributed by atoms with E-state index in [4.69, 9.17) is 12.2 Å². The highest BCUT2D eigenvalue weighted by Crippen LogP contribution is 2.37. The van der Waals surface area contributed by atoms with Gasteiger partial charge in [-0.1, -0.05) is 6.07 Å². The molecule has 0 aromatic carbocycles. The number of pyridine rings is 1. The van der Waals surface area contributed by atoms with Crippen LogP contribution in [0.5, 0.6) is 0 Å². The zero-order valence-corrected chi connectivity index (χ0v) is 11.7. The van der Waals surface area contributed by atoms with Crippen LogP contribution in [-0.2, 0) is 6.42 Å². The summed E-state index contributed by atoms with van der Waals surface area (Å²) in [7, 11) is 2.05. The number of anilines is 1. The predicted molar refractivity (Wildman–Crippen MR) is 76.9 cm³/mol. The second kappa shape index (κ2) is 5.13. The molecule has 1 saturated carbocycles. The first-order valence-electron chi connectivity index (χ1n) is 6.53. The van der Waals surface area contributed by atoms with Gasteiger partial charge in [0.05, 0.1) is 0 Å². The molecule has 1 aliphatic rings. The Morgan fingerprint density at radius 1 is 1.47 bits per heavy atom. The van der Waals surface area contributed by atoms with Gasteiger partial charge in [-0.3, -0.25) is 9.55 Å². The van der Waals surface area contributed by atoms with Crippen LogP contribution < -0.4 is 4.90 Å². The third-order valence-corrected chi connectivity index (χ3v) is 3.66. The van der Waals surface area contributed by atoms with E-state index in [-0.39, 0.29) is 0 Å². The standard InChI is InChI=1S/C13H17N5S/c1-17(9-7-10-4-2-3-8-14-10)12-15-16-13(19)18(12)11-5-6-11/h2-4,8,11H,5-7,9H2,1H3,(H,16,19). The minimum Gasteiger partial charge on any atom is -0.344 e. The lowest BCUT2D eigenvalue weighted by Crippen LogP contribution is -2.24. The van der Waals surface area contributed by atoms with Crippen LogP contribution in [0.4, 0.5) is 5.95 Å². The molecule has 1 aliphatic carbocycles. The first-order valence-corrected chi connectivity index (χ1v) is 6.94. The van der Waals surface area contributed by atoms with E-state index in [2.05, 4.69) is 24.6 Å². The lowest BCUT2D eigenvalue weighted by atomic mass is 10.2. The van der Waals surface area contributed by atoms with E-state index >= 15 is 0 Å². The highest BCUT2D eigenvalue weighted by Gasteiger charge is 2.28. The maximum atomic E-state index is 5.29. The van der Waals surface area contributed by atoms with Crippen molar-refractivity contribution in [1.82, 2.24) is 19.7 Å². The number of H-pyrrole nitrogens is 1. The lowest BCUT2D eigenvalue weighted by molar-refractivity contribution is 0.697. The number of aromatic amines is 1. The molecule has 3 rings (SSSR count). The quantitative estimate of drug-likeness (QED) is 0.851. The Balaban J connectivity index is 1.70. The summed E-state index contributed by atoms with van der Waals surface area (Å²) in [5.74, 6) is 0.934. The van der Waals surface area contributed by atoms with Crippen LogP contribution in [0.2, 0.25) is 0 Å². The molecule has 0 spiro atoms. The molecule has 1 fully saturated rings. The first-order chi connectivity index (χ1) is 9.25. The zero-order chi connectivity index (χ0) is 13.2. The molecule has 2 aromatic heterocycles. The van der Waals surface area contributed by atoms with Gasteiger partial charge in [0, 0.05) is 37.9 Å². The molecule has 100 valence electrons. The minimum atomic E-state index is 0.540. The highest BCUT2D eigenvalue weighted by atomic mass is 32.1. The minimum absolute atomic E-state index is 0.540. The normalized spacial score (nSPS) is 14.6. The molecule has 1 N–H and O–H groups in total. The first kappa shape index (κ1) is 12.3. The van der Waals surface area contributed by atoms with Crippen molar-refractivity contribution in [2.75, 3.05) is 18.5 Å². The summed E-state index contributed by atoms with van der Waals surface area (Å²) in [5, 5.41) is 7.24. The molecule has 0 amide bonds. The van der Waals surface area contributed by atoms with Crippen molar-refractivity contribution in [1.29, 1.82) is 0 Å². The number of hydrogen-bond donors (Lipinski definition) is 1. The summed E-state index contributed by atoms with van der Waals surface area (Å²) in [5.41, 5.74) is 1.10. The van der Waals surface area contributed by atoms with Gasteiger partial charge in [-0.2, -0.15) is 0 Å². The molecule has 19 heavy (non-hydrogen) atoms. The van der Waals surface area contributed by atoms with E-state index in [1.807, 2.05) is 31.4 Å². The third kappa shape index (κ3) is 2.68. The predicted octanol–water partition coefficient (Wildman–Crippen LogP) is 2.35. The smallest absolute Gasteiger partial charge is 0.225 e. The topological polar surface area (TPSA) is 49.7 Å². The maximum Gasteiger partial charge on any atom is 0.225 e. The molecule has 0 atom stereocenters. The van der Waals surface area contributed by atoms with E-state index in [0.717, 1.165) is 29.4 Å². The second-order valence-electron chi connectivity index (χ2n) is 4.92. The summed E-state index contributed by atoms with van der Waals surface area (Å²) < 4.78 is 2.86. The molecule has 2 aromatic rings. The number of nitrogens with one attached hydrogen (secondary N) is 1. The third-order valence-electron chi connectivity index (χ3n) is 3.37. The maximum absolute atomic E-state index is 5.29. The fourth-order valence-electron chi connectivity index (χ4n) is 2.16. The number of rotatable bonds is 5. The molecule has 6 heteroatoms. The van der Waals surface area contributed by atoms with Gasteiger partial charge in [0.2, 0.25) is 5.95 Å². The Labute approximate surface area is 117 Å². The molecule has 0 unspecified atom stereocenters. The Morgan fingerprint density at radius 3 is 3.00 bits per heavy atom. The van der Waals surface area contributed by atoms with Gasteiger partial charge in [-0.25, -0.2) is 5.10 Å². The van der Waals surface area contributed by atoms with Gasteiger partial charge in [-0.15, -0.1) is 5.10 Å². The number of hydrogen-bond acceptors (Lipinski definition) is 4. The van der Waals surface area contributed by atoms with Crippen molar-refractivity contribution < 1.29 is 0 Å². The van der Waals surface area contributed by atoms with Gasteiger partial charge in [0.15, 0.2) is 4.77 Å². The Bertz CT molecular complexity index is 599. The monoisotopic (exact) mass is 275 g/mol. The van der Waals surface area contributed by atoms with E-state index in [9.17, 15) is 0 Å². The highest BCUT2D eigenvalue weighted by molar-refractivity contribution is 7.71. The average Bonchev–Trinajstić information content (AvgIpc) is 3.20. The van der Waals surface area contributed by atoms with Crippen molar-refractivity contribution >= 4 is 18.2 Å².